The molecule has 3 nitrogen and oxygen atoms in total. The minimum atomic E-state index is 0.532. The number of rotatable bonds is 2. The van der Waals surface area contributed by atoms with Crippen LogP contribution in [-0.4, -0.2) is 32.4 Å². The smallest absolute Gasteiger partial charge is 0.190 e. The van der Waals surface area contributed by atoms with E-state index in [1.54, 1.807) is 7.05 Å². The number of nitrogens with one attached hydrogen (secondary N) is 2. The summed E-state index contributed by atoms with van der Waals surface area (Å²) in [6.45, 7) is 0.926. The summed E-state index contributed by atoms with van der Waals surface area (Å²) in [6.07, 6.45) is 1.19. The molecule has 2 rings (SSSR count). The van der Waals surface area contributed by atoms with Crippen LogP contribution >= 0.6 is 11.8 Å². The Morgan fingerprint density at radius 1 is 1.47 bits per heavy atom. The van der Waals surface area contributed by atoms with E-state index in [0.29, 0.717) is 5.25 Å². The highest BCUT2D eigenvalue weighted by Crippen LogP contribution is 2.35. The lowest BCUT2D eigenvalue weighted by molar-refractivity contribution is 0.801. The van der Waals surface area contributed by atoms with Gasteiger partial charge in [0.2, 0.25) is 0 Å². The minimum Gasteiger partial charge on any atom is -0.359 e. The van der Waals surface area contributed by atoms with Gasteiger partial charge in [0.05, 0.1) is 0 Å². The number of thioether (sulfide) groups is 1. The Balaban J connectivity index is 2.04. The second-order valence-electron chi connectivity index (χ2n) is 4.01. The molecule has 0 saturated carbocycles. The number of aryl methyl sites for hydroxylation is 1. The second-order valence-corrected chi connectivity index (χ2v) is 5.32. The van der Waals surface area contributed by atoms with Gasteiger partial charge in [-0.15, -0.1) is 0 Å². The summed E-state index contributed by atoms with van der Waals surface area (Å²) in [5, 5.41) is 6.93. The van der Waals surface area contributed by atoms with Gasteiger partial charge >= 0.3 is 0 Å². The van der Waals surface area contributed by atoms with Gasteiger partial charge in [-0.1, -0.05) is 24.3 Å². The molecule has 1 heterocycles. The Hall–Kier alpha value is -1.16. The number of benzene rings is 1. The molecule has 0 aromatic heterocycles. The first-order valence-corrected chi connectivity index (χ1v) is 6.98. The molecule has 4 heteroatoms. The molecule has 1 aromatic carbocycles. The fourth-order valence-corrected chi connectivity index (χ4v) is 3.35. The summed E-state index contributed by atoms with van der Waals surface area (Å²) in [4.78, 5) is 4.13. The van der Waals surface area contributed by atoms with Crippen molar-refractivity contribution in [1.82, 2.24) is 10.6 Å². The first kappa shape index (κ1) is 12.3. The Morgan fingerprint density at radius 2 is 2.29 bits per heavy atom. The third-order valence-electron chi connectivity index (χ3n) is 3.01. The summed E-state index contributed by atoms with van der Waals surface area (Å²) in [5.74, 6) is 2.07. The molecule has 0 amide bonds. The molecule has 0 radical (unpaired) electrons. The normalized spacial score (nSPS) is 19.6. The first-order valence-electron chi connectivity index (χ1n) is 5.93. The van der Waals surface area contributed by atoms with Gasteiger partial charge in [-0.3, -0.25) is 4.99 Å². The number of aliphatic imine (C=N–C) groups is 1. The first-order chi connectivity index (χ1) is 8.35. The summed E-state index contributed by atoms with van der Waals surface area (Å²) in [5.41, 5.74) is 2.97. The van der Waals surface area contributed by atoms with Crippen molar-refractivity contribution in [2.24, 2.45) is 4.99 Å². The van der Waals surface area contributed by atoms with E-state index in [9.17, 15) is 0 Å². The average Bonchev–Trinajstić information content (AvgIpc) is 2.40. The molecule has 0 fully saturated rings. The predicted molar refractivity (Wildman–Crippen MR) is 75.8 cm³/mol. The maximum Gasteiger partial charge on any atom is 0.190 e. The van der Waals surface area contributed by atoms with Crippen LogP contribution in [0.15, 0.2) is 29.3 Å². The summed E-state index contributed by atoms with van der Waals surface area (Å²) in [7, 11) is 3.68. The van der Waals surface area contributed by atoms with Gasteiger partial charge < -0.3 is 10.6 Å². The van der Waals surface area contributed by atoms with Crippen LogP contribution in [0.2, 0.25) is 0 Å². The highest BCUT2D eigenvalue weighted by atomic mass is 32.2. The topological polar surface area (TPSA) is 36.4 Å². The monoisotopic (exact) mass is 249 g/mol. The van der Waals surface area contributed by atoms with Gasteiger partial charge in [-0.2, -0.15) is 11.8 Å². The van der Waals surface area contributed by atoms with E-state index in [-0.39, 0.29) is 0 Å². The molecule has 1 aliphatic rings. The Kier molecular flexibility index (Phi) is 4.31. The zero-order valence-corrected chi connectivity index (χ0v) is 11.2. The lowest BCUT2D eigenvalue weighted by Crippen LogP contribution is -2.37. The molecular formula is C13H19N3S. The number of hydrogen-bond acceptors (Lipinski definition) is 2. The van der Waals surface area contributed by atoms with E-state index in [0.717, 1.165) is 12.5 Å². The summed E-state index contributed by atoms with van der Waals surface area (Å²) >= 11 is 2.02. The molecule has 0 bridgehead atoms. The van der Waals surface area contributed by atoms with E-state index in [1.165, 1.54) is 23.3 Å². The van der Waals surface area contributed by atoms with Crippen LogP contribution in [0.5, 0.6) is 0 Å². The van der Waals surface area contributed by atoms with Crippen molar-refractivity contribution >= 4 is 17.7 Å². The third-order valence-corrected chi connectivity index (χ3v) is 4.27. The fraction of sp³-hybridized carbons (Fsp3) is 0.462. The van der Waals surface area contributed by atoms with Crippen molar-refractivity contribution in [3.05, 3.63) is 35.4 Å². The van der Waals surface area contributed by atoms with Crippen LogP contribution in [0.25, 0.3) is 0 Å². The van der Waals surface area contributed by atoms with Crippen molar-refractivity contribution in [2.75, 3.05) is 26.4 Å². The number of hydrogen-bond donors (Lipinski definition) is 2. The van der Waals surface area contributed by atoms with Crippen LogP contribution in [0.3, 0.4) is 0 Å². The average molecular weight is 249 g/mol. The van der Waals surface area contributed by atoms with Crippen molar-refractivity contribution in [3.8, 4) is 0 Å². The van der Waals surface area contributed by atoms with Crippen LogP contribution in [0.1, 0.15) is 16.4 Å². The Labute approximate surface area is 107 Å². The summed E-state index contributed by atoms with van der Waals surface area (Å²) < 4.78 is 0. The van der Waals surface area contributed by atoms with Crippen molar-refractivity contribution < 1.29 is 0 Å². The molecule has 17 heavy (non-hydrogen) atoms. The number of nitrogens with zero attached hydrogens (tertiary/aromatic N) is 1. The van der Waals surface area contributed by atoms with Crippen molar-refractivity contribution in [1.29, 1.82) is 0 Å². The standard InChI is InChI=1S/C13H19N3S/c1-14-13(15-2)16-9-12-11-6-4-3-5-10(11)7-8-17-12/h3-6,12H,7-9H2,1-2H3,(H2,14,15,16)/t12-/m0/s1. The number of fused-ring (bicyclic) bond motifs is 1. The van der Waals surface area contributed by atoms with Crippen molar-refractivity contribution in [2.45, 2.75) is 11.7 Å². The second kappa shape index (κ2) is 5.96. The van der Waals surface area contributed by atoms with E-state index >= 15 is 0 Å². The highest BCUT2D eigenvalue weighted by Gasteiger charge is 2.20. The number of guanidine groups is 1. The van der Waals surface area contributed by atoms with Gasteiger partial charge in [0.1, 0.15) is 0 Å². The Bertz CT molecular complexity index is 403. The maximum atomic E-state index is 4.13. The molecule has 0 spiro atoms. The molecule has 1 atom stereocenters. The molecule has 1 aliphatic heterocycles. The maximum absolute atomic E-state index is 4.13. The van der Waals surface area contributed by atoms with E-state index in [2.05, 4.69) is 39.9 Å². The van der Waals surface area contributed by atoms with Gasteiger partial charge in [-0.05, 0) is 23.3 Å². The largest absolute Gasteiger partial charge is 0.359 e. The fourth-order valence-electron chi connectivity index (χ4n) is 2.11. The zero-order chi connectivity index (χ0) is 12.1. The SMILES string of the molecule is CN=C(NC)NC[C@@H]1SCCc2ccccc21. The minimum absolute atomic E-state index is 0.532. The lowest BCUT2D eigenvalue weighted by Gasteiger charge is -2.25. The molecule has 1 aromatic rings. The molecule has 92 valence electrons. The third kappa shape index (κ3) is 2.94. The molecule has 2 N–H and O–H groups in total. The van der Waals surface area contributed by atoms with E-state index < -0.39 is 0 Å². The van der Waals surface area contributed by atoms with Crippen LogP contribution in [0.4, 0.5) is 0 Å². The summed E-state index contributed by atoms with van der Waals surface area (Å²) in [6, 6.07) is 8.75. The van der Waals surface area contributed by atoms with Gasteiger partial charge in [0.25, 0.3) is 0 Å². The molecule has 0 saturated heterocycles. The van der Waals surface area contributed by atoms with Gasteiger partial charge in [-0.25, -0.2) is 0 Å². The van der Waals surface area contributed by atoms with Gasteiger partial charge in [0, 0.05) is 25.9 Å². The van der Waals surface area contributed by atoms with E-state index in [1.807, 2.05) is 18.8 Å². The zero-order valence-electron chi connectivity index (χ0n) is 10.4. The molecular weight excluding hydrogens is 230 g/mol. The van der Waals surface area contributed by atoms with Crippen LogP contribution < -0.4 is 10.6 Å². The molecule has 0 aliphatic carbocycles. The highest BCUT2D eigenvalue weighted by molar-refractivity contribution is 7.99. The van der Waals surface area contributed by atoms with Crippen molar-refractivity contribution in [3.63, 3.8) is 0 Å². The molecule has 0 unspecified atom stereocenters. The van der Waals surface area contributed by atoms with Gasteiger partial charge in [0.15, 0.2) is 5.96 Å². The lowest BCUT2D eigenvalue weighted by atomic mass is 10.0. The Morgan fingerprint density at radius 3 is 3.06 bits per heavy atom. The van der Waals surface area contributed by atoms with Crippen LogP contribution in [-0.2, 0) is 6.42 Å². The predicted octanol–water partition coefficient (Wildman–Crippen LogP) is 1.81. The van der Waals surface area contributed by atoms with Crippen LogP contribution in [0, 0.1) is 0 Å². The van der Waals surface area contributed by atoms with E-state index in [4.69, 9.17) is 0 Å². The quantitative estimate of drug-likeness (QED) is 0.620.